The van der Waals surface area contributed by atoms with Gasteiger partial charge in [-0.3, -0.25) is 9.59 Å². The first-order valence-electron chi connectivity index (χ1n) is 12.6. The molecule has 2 aliphatic heterocycles. The van der Waals surface area contributed by atoms with Crippen LogP contribution < -0.4 is 10.1 Å². The molecule has 5 rings (SSSR count). The molecule has 0 aromatic heterocycles. The topological polar surface area (TPSA) is 67.9 Å². The zero-order valence-electron chi connectivity index (χ0n) is 19.9. The van der Waals surface area contributed by atoms with Gasteiger partial charge >= 0.3 is 0 Å². The molecule has 34 heavy (non-hydrogen) atoms. The lowest BCUT2D eigenvalue weighted by Crippen LogP contribution is -2.52. The Labute approximate surface area is 201 Å². The molecule has 2 aromatic carbocycles. The van der Waals surface area contributed by atoms with Crippen LogP contribution in [0.15, 0.2) is 48.5 Å². The number of amides is 2. The monoisotopic (exact) mass is 462 g/mol. The highest BCUT2D eigenvalue weighted by molar-refractivity contribution is 6.01. The Morgan fingerprint density at radius 2 is 1.79 bits per heavy atom. The fourth-order valence-electron chi connectivity index (χ4n) is 5.88. The van der Waals surface area contributed by atoms with Gasteiger partial charge in [0.1, 0.15) is 5.75 Å². The van der Waals surface area contributed by atoms with E-state index >= 15 is 0 Å². The summed E-state index contributed by atoms with van der Waals surface area (Å²) in [7, 11) is 1.64. The third-order valence-electron chi connectivity index (χ3n) is 7.61. The van der Waals surface area contributed by atoms with E-state index in [1.54, 1.807) is 7.11 Å². The van der Waals surface area contributed by atoms with E-state index in [2.05, 4.69) is 5.32 Å². The quantitative estimate of drug-likeness (QED) is 0.681. The Morgan fingerprint density at radius 3 is 2.50 bits per heavy atom. The van der Waals surface area contributed by atoms with Crippen LogP contribution in [0.2, 0.25) is 0 Å². The van der Waals surface area contributed by atoms with Gasteiger partial charge in [-0.1, -0.05) is 49.6 Å². The van der Waals surface area contributed by atoms with E-state index < -0.39 is 5.92 Å². The Balaban J connectivity index is 1.56. The molecule has 3 aliphatic rings. The summed E-state index contributed by atoms with van der Waals surface area (Å²) in [5.41, 5.74) is 2.42. The Hall–Kier alpha value is -2.86. The standard InChI is InChI=1S/C28H34N2O4/c1-33-21-15-13-19(14-16-21)26-25(27(31)29-18-22-10-7-17-34-22)23-11-5-6-12-24(23)28(32)30(26)20-8-3-2-4-9-20/h5-6,11-16,20,22,25-26H,2-4,7-10,17-18H2,1H3,(H,29,31)/t22-,25+,26+/m0/s1. The van der Waals surface area contributed by atoms with Crippen LogP contribution in [0.3, 0.4) is 0 Å². The summed E-state index contributed by atoms with van der Waals surface area (Å²) in [4.78, 5) is 29.8. The molecule has 0 unspecified atom stereocenters. The van der Waals surface area contributed by atoms with Gasteiger partial charge in [-0.15, -0.1) is 0 Å². The van der Waals surface area contributed by atoms with Gasteiger partial charge in [-0.25, -0.2) is 0 Å². The minimum atomic E-state index is -0.481. The van der Waals surface area contributed by atoms with Crippen molar-refractivity contribution in [1.29, 1.82) is 0 Å². The largest absolute Gasteiger partial charge is 0.497 e. The van der Waals surface area contributed by atoms with Crippen molar-refractivity contribution in [3.05, 3.63) is 65.2 Å². The van der Waals surface area contributed by atoms with Crippen LogP contribution in [-0.4, -0.2) is 49.1 Å². The molecule has 1 saturated heterocycles. The number of rotatable bonds is 6. The van der Waals surface area contributed by atoms with E-state index in [1.807, 2.05) is 53.4 Å². The number of carbonyl (C=O) groups excluding carboxylic acids is 2. The van der Waals surface area contributed by atoms with Crippen LogP contribution in [0.1, 0.15) is 78.4 Å². The normalized spacial score (nSPS) is 25.1. The lowest BCUT2D eigenvalue weighted by Gasteiger charge is -2.46. The van der Waals surface area contributed by atoms with Crippen LogP contribution in [0.5, 0.6) is 5.75 Å². The molecule has 0 spiro atoms. The molecule has 6 nitrogen and oxygen atoms in total. The van der Waals surface area contributed by atoms with Crippen molar-refractivity contribution < 1.29 is 19.1 Å². The van der Waals surface area contributed by atoms with Crippen LogP contribution >= 0.6 is 0 Å². The number of hydrogen-bond acceptors (Lipinski definition) is 4. The maximum absolute atomic E-state index is 13.9. The molecular weight excluding hydrogens is 428 g/mol. The van der Waals surface area contributed by atoms with E-state index in [9.17, 15) is 9.59 Å². The minimum Gasteiger partial charge on any atom is -0.497 e. The number of ether oxygens (including phenoxy) is 2. The van der Waals surface area contributed by atoms with Gasteiger partial charge in [0.25, 0.3) is 5.91 Å². The Kier molecular flexibility index (Phi) is 6.86. The summed E-state index contributed by atoms with van der Waals surface area (Å²) in [5.74, 6) is 0.268. The predicted molar refractivity (Wildman–Crippen MR) is 130 cm³/mol. The summed E-state index contributed by atoms with van der Waals surface area (Å²) < 4.78 is 11.1. The molecule has 0 bridgehead atoms. The summed E-state index contributed by atoms with van der Waals surface area (Å²) in [5, 5.41) is 3.17. The highest BCUT2D eigenvalue weighted by Gasteiger charge is 2.46. The molecule has 1 aliphatic carbocycles. The first-order valence-corrected chi connectivity index (χ1v) is 12.6. The number of carbonyl (C=O) groups is 2. The fourth-order valence-corrected chi connectivity index (χ4v) is 5.88. The summed E-state index contributed by atoms with van der Waals surface area (Å²) in [6.45, 7) is 1.26. The predicted octanol–water partition coefficient (Wildman–Crippen LogP) is 4.60. The molecule has 2 fully saturated rings. The molecule has 2 amide bonds. The van der Waals surface area contributed by atoms with Crippen molar-refractivity contribution >= 4 is 11.8 Å². The van der Waals surface area contributed by atoms with E-state index in [4.69, 9.17) is 9.47 Å². The number of benzene rings is 2. The molecule has 2 aromatic rings. The average Bonchev–Trinajstić information content (AvgIpc) is 3.41. The first kappa shape index (κ1) is 22.9. The maximum atomic E-state index is 13.9. The smallest absolute Gasteiger partial charge is 0.254 e. The molecule has 3 atom stereocenters. The van der Waals surface area contributed by atoms with Crippen LogP contribution in [-0.2, 0) is 9.53 Å². The number of methoxy groups -OCH3 is 1. The van der Waals surface area contributed by atoms with Crippen molar-refractivity contribution in [3.8, 4) is 5.75 Å². The highest BCUT2D eigenvalue weighted by Crippen LogP contribution is 2.46. The lowest BCUT2D eigenvalue weighted by molar-refractivity contribution is -0.125. The molecular formula is C28H34N2O4. The first-order chi connectivity index (χ1) is 16.7. The second-order valence-electron chi connectivity index (χ2n) is 9.67. The van der Waals surface area contributed by atoms with Crippen molar-refractivity contribution in [2.75, 3.05) is 20.3 Å². The highest BCUT2D eigenvalue weighted by atomic mass is 16.5. The molecule has 0 radical (unpaired) electrons. The van der Waals surface area contributed by atoms with Gasteiger partial charge in [0.05, 0.1) is 25.2 Å². The number of hydrogen-bond donors (Lipinski definition) is 1. The SMILES string of the molecule is COc1ccc([C@@H]2[C@H](C(=O)NC[C@@H]3CCCO3)c3ccccc3C(=O)N2C2CCCCC2)cc1. The second kappa shape index (κ2) is 10.2. The third-order valence-corrected chi connectivity index (χ3v) is 7.61. The van der Waals surface area contributed by atoms with E-state index in [0.29, 0.717) is 12.1 Å². The Morgan fingerprint density at radius 1 is 1.03 bits per heavy atom. The maximum Gasteiger partial charge on any atom is 0.254 e. The van der Waals surface area contributed by atoms with Gasteiger partial charge in [-0.2, -0.15) is 0 Å². The molecule has 6 heteroatoms. The molecule has 1 saturated carbocycles. The molecule has 1 N–H and O–H groups in total. The van der Waals surface area contributed by atoms with E-state index in [1.165, 1.54) is 6.42 Å². The van der Waals surface area contributed by atoms with E-state index in [-0.39, 0.29) is 30.0 Å². The summed E-state index contributed by atoms with van der Waals surface area (Å²) in [6, 6.07) is 15.2. The fraction of sp³-hybridized carbons (Fsp3) is 0.500. The van der Waals surface area contributed by atoms with Crippen molar-refractivity contribution in [2.24, 2.45) is 0 Å². The van der Waals surface area contributed by atoms with Gasteiger partial charge in [0.15, 0.2) is 0 Å². The number of fused-ring (bicyclic) bond motifs is 1. The minimum absolute atomic E-state index is 0.0338. The van der Waals surface area contributed by atoms with Gasteiger partial charge < -0.3 is 19.7 Å². The third kappa shape index (κ3) is 4.43. The van der Waals surface area contributed by atoms with Gasteiger partial charge in [0.2, 0.25) is 5.91 Å². The molecule has 180 valence electrons. The van der Waals surface area contributed by atoms with E-state index in [0.717, 1.165) is 62.0 Å². The van der Waals surface area contributed by atoms with Crippen molar-refractivity contribution in [2.45, 2.75) is 69.1 Å². The van der Waals surface area contributed by atoms with Crippen molar-refractivity contribution in [1.82, 2.24) is 10.2 Å². The lowest BCUT2D eigenvalue weighted by atomic mass is 9.77. The van der Waals surface area contributed by atoms with Crippen LogP contribution in [0.25, 0.3) is 0 Å². The summed E-state index contributed by atoms with van der Waals surface area (Å²) in [6.07, 6.45) is 7.45. The van der Waals surface area contributed by atoms with Crippen LogP contribution in [0, 0.1) is 0 Å². The Bertz CT molecular complexity index is 1010. The second-order valence-corrected chi connectivity index (χ2v) is 9.67. The summed E-state index contributed by atoms with van der Waals surface area (Å²) >= 11 is 0. The van der Waals surface area contributed by atoms with Crippen LogP contribution in [0.4, 0.5) is 0 Å². The van der Waals surface area contributed by atoms with Gasteiger partial charge in [0, 0.05) is 24.8 Å². The van der Waals surface area contributed by atoms with Gasteiger partial charge in [-0.05, 0) is 55.0 Å². The number of nitrogens with zero attached hydrogens (tertiary/aromatic N) is 1. The zero-order valence-corrected chi connectivity index (χ0v) is 19.9. The zero-order chi connectivity index (χ0) is 23.5. The number of nitrogens with one attached hydrogen (secondary N) is 1. The average molecular weight is 463 g/mol. The van der Waals surface area contributed by atoms with Crippen molar-refractivity contribution in [3.63, 3.8) is 0 Å². The molecule has 2 heterocycles.